The van der Waals surface area contributed by atoms with Crippen molar-refractivity contribution in [3.63, 3.8) is 0 Å². The summed E-state index contributed by atoms with van der Waals surface area (Å²) in [5.41, 5.74) is 4.76. The molecule has 3 rings (SSSR count). The van der Waals surface area contributed by atoms with Crippen LogP contribution in [0.4, 0.5) is 5.82 Å². The molecule has 8 nitrogen and oxygen atoms in total. The van der Waals surface area contributed by atoms with Gasteiger partial charge in [0.15, 0.2) is 5.96 Å². The summed E-state index contributed by atoms with van der Waals surface area (Å²) in [6.07, 6.45) is 3.01. The largest absolute Gasteiger partial charge is 0.375 e. The van der Waals surface area contributed by atoms with Gasteiger partial charge >= 0.3 is 0 Å². The highest BCUT2D eigenvalue weighted by Crippen LogP contribution is 2.17. The van der Waals surface area contributed by atoms with Crippen LogP contribution in [-0.4, -0.2) is 59.1 Å². The number of rotatable bonds is 7. The lowest BCUT2D eigenvalue weighted by molar-refractivity contribution is 0.0529. The molecule has 1 aliphatic heterocycles. The van der Waals surface area contributed by atoms with Crippen LogP contribution >= 0.6 is 24.0 Å². The predicted molar refractivity (Wildman–Crippen MR) is 141 cm³/mol. The van der Waals surface area contributed by atoms with E-state index in [0.29, 0.717) is 6.54 Å². The van der Waals surface area contributed by atoms with Crippen molar-refractivity contribution >= 4 is 35.8 Å². The Bertz CT molecular complexity index is 898. The zero-order chi connectivity index (χ0) is 22.4. The number of guanidine groups is 1. The van der Waals surface area contributed by atoms with Crippen LogP contribution in [0.1, 0.15) is 43.3 Å². The normalized spacial score (nSPS) is 17.6. The van der Waals surface area contributed by atoms with Gasteiger partial charge < -0.3 is 20.3 Å². The molecule has 0 bridgehead atoms. The van der Waals surface area contributed by atoms with Crippen LogP contribution in [0.15, 0.2) is 23.3 Å². The van der Waals surface area contributed by atoms with E-state index in [2.05, 4.69) is 66.3 Å². The summed E-state index contributed by atoms with van der Waals surface area (Å²) >= 11 is 0. The number of aryl methyl sites for hydroxylation is 2. The van der Waals surface area contributed by atoms with E-state index in [4.69, 9.17) is 9.73 Å². The number of morpholine rings is 1. The van der Waals surface area contributed by atoms with Gasteiger partial charge in [-0.1, -0.05) is 0 Å². The summed E-state index contributed by atoms with van der Waals surface area (Å²) in [4.78, 5) is 11.7. The van der Waals surface area contributed by atoms with Crippen molar-refractivity contribution in [2.24, 2.45) is 12.0 Å². The van der Waals surface area contributed by atoms with E-state index in [1.54, 1.807) is 0 Å². The van der Waals surface area contributed by atoms with E-state index in [1.807, 2.05) is 24.0 Å². The molecular weight excluding hydrogens is 517 g/mol. The van der Waals surface area contributed by atoms with E-state index < -0.39 is 0 Å². The van der Waals surface area contributed by atoms with Crippen LogP contribution in [0, 0.1) is 13.8 Å². The number of aromatic nitrogens is 3. The predicted octanol–water partition coefficient (Wildman–Crippen LogP) is 2.96. The second-order valence-electron chi connectivity index (χ2n) is 8.37. The van der Waals surface area contributed by atoms with Gasteiger partial charge in [0.05, 0.1) is 24.9 Å². The monoisotopic (exact) mass is 555 g/mol. The topological polar surface area (TPSA) is 79.6 Å². The molecule has 0 spiro atoms. The lowest BCUT2D eigenvalue weighted by Gasteiger charge is -2.32. The zero-order valence-corrected chi connectivity index (χ0v) is 22.5. The summed E-state index contributed by atoms with van der Waals surface area (Å²) in [5, 5.41) is 11.4. The molecule has 1 saturated heterocycles. The minimum Gasteiger partial charge on any atom is -0.375 e. The Labute approximate surface area is 209 Å². The first-order chi connectivity index (χ1) is 14.9. The fourth-order valence-electron chi connectivity index (χ4n) is 3.95. The van der Waals surface area contributed by atoms with Gasteiger partial charge in [-0.15, -0.1) is 24.0 Å². The first-order valence-corrected chi connectivity index (χ1v) is 11.2. The molecule has 0 radical (unpaired) electrons. The van der Waals surface area contributed by atoms with Crippen molar-refractivity contribution in [3.8, 4) is 0 Å². The minimum atomic E-state index is 0. The molecule has 0 saturated carbocycles. The summed E-state index contributed by atoms with van der Waals surface area (Å²) in [6, 6.07) is 4.41. The number of ether oxygens (including phenoxy) is 1. The molecule has 2 aromatic rings. The fraction of sp³-hybridized carbons (Fsp3) is 0.609. The van der Waals surface area contributed by atoms with Crippen LogP contribution in [-0.2, 0) is 24.8 Å². The second kappa shape index (κ2) is 12.4. The number of aliphatic imine (C=N–C) groups is 1. The Morgan fingerprint density at radius 1 is 1.38 bits per heavy atom. The van der Waals surface area contributed by atoms with Crippen molar-refractivity contribution in [1.82, 2.24) is 25.4 Å². The van der Waals surface area contributed by atoms with Gasteiger partial charge in [0.25, 0.3) is 0 Å². The number of pyridine rings is 1. The Morgan fingerprint density at radius 3 is 2.81 bits per heavy atom. The average Bonchev–Trinajstić information content (AvgIpc) is 2.98. The maximum absolute atomic E-state index is 5.65. The van der Waals surface area contributed by atoms with Crippen molar-refractivity contribution in [3.05, 3.63) is 40.8 Å². The first kappa shape index (κ1) is 26.4. The van der Waals surface area contributed by atoms with Crippen molar-refractivity contribution in [1.29, 1.82) is 0 Å². The smallest absolute Gasteiger partial charge is 0.191 e. The Kier molecular flexibility index (Phi) is 10.2. The standard InChI is InChI=1S/C23H37N7O.HI/c1-7-24-23(27-16(2)12-21-18(4)28-29(6)19(21)5)26-14-20-8-9-25-22(13-20)30-10-11-31-17(3)15-30;/h8-9,13,16-17H,7,10-12,14-15H2,1-6H3,(H2,24,26,27);1H. The Morgan fingerprint density at radius 2 is 2.16 bits per heavy atom. The highest BCUT2D eigenvalue weighted by atomic mass is 127. The molecule has 2 N–H and O–H groups in total. The summed E-state index contributed by atoms with van der Waals surface area (Å²) in [7, 11) is 2.00. The first-order valence-electron chi connectivity index (χ1n) is 11.2. The molecule has 1 aliphatic rings. The van der Waals surface area contributed by atoms with E-state index >= 15 is 0 Å². The maximum Gasteiger partial charge on any atom is 0.191 e. The van der Waals surface area contributed by atoms with Crippen LogP contribution < -0.4 is 15.5 Å². The van der Waals surface area contributed by atoms with Gasteiger partial charge in [-0.3, -0.25) is 4.68 Å². The van der Waals surface area contributed by atoms with Gasteiger partial charge in [0, 0.05) is 44.6 Å². The van der Waals surface area contributed by atoms with Crippen LogP contribution in [0.25, 0.3) is 0 Å². The molecule has 1 fully saturated rings. The van der Waals surface area contributed by atoms with E-state index in [9.17, 15) is 0 Å². The molecule has 0 aromatic carbocycles. The van der Waals surface area contributed by atoms with Gasteiger partial charge in [-0.25, -0.2) is 9.98 Å². The molecule has 3 heterocycles. The number of anilines is 1. The minimum absolute atomic E-state index is 0. The second-order valence-corrected chi connectivity index (χ2v) is 8.37. The lowest BCUT2D eigenvalue weighted by atomic mass is 10.1. The molecule has 32 heavy (non-hydrogen) atoms. The molecule has 2 atom stereocenters. The van der Waals surface area contributed by atoms with E-state index in [-0.39, 0.29) is 36.1 Å². The number of hydrogen-bond acceptors (Lipinski definition) is 5. The number of nitrogens with one attached hydrogen (secondary N) is 2. The van der Waals surface area contributed by atoms with Gasteiger partial charge in [-0.2, -0.15) is 5.10 Å². The number of halogens is 1. The lowest BCUT2D eigenvalue weighted by Crippen LogP contribution is -2.43. The SMILES string of the molecule is CCNC(=NCc1ccnc(N2CCOC(C)C2)c1)NC(C)Cc1c(C)nn(C)c1C.I. The third kappa shape index (κ3) is 7.06. The van der Waals surface area contributed by atoms with Gasteiger partial charge in [0.2, 0.25) is 0 Å². The molecule has 2 unspecified atom stereocenters. The average molecular weight is 556 g/mol. The highest BCUT2D eigenvalue weighted by molar-refractivity contribution is 14.0. The number of nitrogens with zero attached hydrogens (tertiary/aromatic N) is 5. The zero-order valence-electron chi connectivity index (χ0n) is 20.2. The van der Waals surface area contributed by atoms with Crippen LogP contribution in [0.3, 0.4) is 0 Å². The van der Waals surface area contributed by atoms with Gasteiger partial charge in [0.1, 0.15) is 5.82 Å². The molecule has 9 heteroatoms. The van der Waals surface area contributed by atoms with Crippen LogP contribution in [0.2, 0.25) is 0 Å². The van der Waals surface area contributed by atoms with Gasteiger partial charge in [-0.05, 0) is 64.3 Å². The van der Waals surface area contributed by atoms with Crippen molar-refractivity contribution in [2.45, 2.75) is 59.7 Å². The summed E-state index contributed by atoms with van der Waals surface area (Å²) < 4.78 is 7.60. The fourth-order valence-corrected chi connectivity index (χ4v) is 3.95. The summed E-state index contributed by atoms with van der Waals surface area (Å²) in [5.74, 6) is 1.82. The third-order valence-corrected chi connectivity index (χ3v) is 5.69. The van der Waals surface area contributed by atoms with Crippen LogP contribution in [0.5, 0.6) is 0 Å². The van der Waals surface area contributed by atoms with E-state index in [1.165, 1.54) is 11.3 Å². The highest BCUT2D eigenvalue weighted by Gasteiger charge is 2.18. The number of hydrogen-bond donors (Lipinski definition) is 2. The molecule has 178 valence electrons. The third-order valence-electron chi connectivity index (χ3n) is 5.69. The Hall–Kier alpha value is -1.88. The van der Waals surface area contributed by atoms with Crippen molar-refractivity contribution in [2.75, 3.05) is 31.1 Å². The molecule has 0 aliphatic carbocycles. The van der Waals surface area contributed by atoms with E-state index in [0.717, 1.165) is 55.7 Å². The molecule has 2 aromatic heterocycles. The quantitative estimate of drug-likeness (QED) is 0.311. The van der Waals surface area contributed by atoms with Crippen molar-refractivity contribution < 1.29 is 4.74 Å². The Balaban J connectivity index is 0.00000363. The summed E-state index contributed by atoms with van der Waals surface area (Å²) in [6.45, 7) is 14.5. The maximum atomic E-state index is 5.65. The molecule has 0 amide bonds. The molecular formula is C23H38IN7O.